The summed E-state index contributed by atoms with van der Waals surface area (Å²) in [4.78, 5) is 24.1. The number of hydrogen-bond acceptors (Lipinski definition) is 4. The van der Waals surface area contributed by atoms with Crippen LogP contribution in [0.1, 0.15) is 220 Å². The molecule has 0 rings (SSSR count). The third-order valence-electron chi connectivity index (χ3n) is 8.59. The minimum absolute atomic E-state index is 0.115. The Balaban J connectivity index is 3.38. The predicted octanol–water partition coefficient (Wildman–Crippen LogP) is 12.6. The average Bonchev–Trinajstić information content (AvgIpc) is 2.97. The number of ether oxygens (including phenoxy) is 2. The molecule has 0 N–H and O–H groups in total. The highest BCUT2D eigenvalue weighted by Crippen LogP contribution is 2.15. The summed E-state index contributed by atoms with van der Waals surface area (Å²) in [5.74, 6) is -0.232. The van der Waals surface area contributed by atoms with Crippen molar-refractivity contribution in [1.82, 2.24) is 0 Å². The Hall–Kier alpha value is -1.06. The molecule has 0 saturated heterocycles. The van der Waals surface area contributed by atoms with Crippen LogP contribution in [0, 0.1) is 0 Å². The number of unbranched alkanes of at least 4 members (excludes halogenated alkanes) is 26. The van der Waals surface area contributed by atoms with E-state index in [0.717, 1.165) is 25.7 Å². The van der Waals surface area contributed by atoms with Crippen molar-refractivity contribution in [3.05, 3.63) is 0 Å². The molecule has 1 unspecified atom stereocenters. The van der Waals surface area contributed by atoms with Gasteiger partial charge in [0.25, 0.3) is 0 Å². The fourth-order valence-corrected chi connectivity index (χ4v) is 5.68. The smallest absolute Gasteiger partial charge is 0.306 e. The normalized spacial score (nSPS) is 12.0. The highest BCUT2D eigenvalue weighted by molar-refractivity contribution is 5.69. The lowest BCUT2D eigenvalue weighted by Crippen LogP contribution is -2.18. The minimum atomic E-state index is -0.196. The van der Waals surface area contributed by atoms with Crippen molar-refractivity contribution in [3.8, 4) is 0 Å². The summed E-state index contributed by atoms with van der Waals surface area (Å²) < 4.78 is 10.9. The maximum Gasteiger partial charge on any atom is 0.306 e. The average molecular weight is 595 g/mol. The molecule has 4 nitrogen and oxygen atoms in total. The van der Waals surface area contributed by atoms with Crippen molar-refractivity contribution < 1.29 is 19.1 Å². The van der Waals surface area contributed by atoms with Gasteiger partial charge < -0.3 is 9.47 Å². The number of carbonyl (C=O) groups is 2. The zero-order chi connectivity index (χ0) is 30.8. The van der Waals surface area contributed by atoms with Crippen LogP contribution in [0.2, 0.25) is 0 Å². The second kappa shape index (κ2) is 34.4. The molecule has 4 heteroatoms. The van der Waals surface area contributed by atoms with E-state index in [1.54, 1.807) is 0 Å². The Kier molecular flexibility index (Phi) is 33.6. The molecule has 0 aliphatic carbocycles. The summed E-state index contributed by atoms with van der Waals surface area (Å²) in [5, 5.41) is 0. The molecule has 0 aliphatic rings. The van der Waals surface area contributed by atoms with Crippen molar-refractivity contribution in [3.63, 3.8) is 0 Å². The third-order valence-corrected chi connectivity index (χ3v) is 8.59. The summed E-state index contributed by atoms with van der Waals surface area (Å²) in [6.07, 6.45) is 38.2. The molecule has 1 atom stereocenters. The Morgan fingerprint density at radius 3 is 1.05 bits per heavy atom. The molecule has 0 aromatic carbocycles. The van der Waals surface area contributed by atoms with E-state index in [4.69, 9.17) is 9.47 Å². The van der Waals surface area contributed by atoms with Crippen LogP contribution in [-0.2, 0) is 19.1 Å². The first-order valence-corrected chi connectivity index (χ1v) is 18.9. The first kappa shape index (κ1) is 40.9. The number of esters is 2. The van der Waals surface area contributed by atoms with Crippen molar-refractivity contribution in [2.24, 2.45) is 0 Å². The zero-order valence-electron chi connectivity index (χ0n) is 28.8. The van der Waals surface area contributed by atoms with Gasteiger partial charge in [-0.25, -0.2) is 0 Å². The third kappa shape index (κ3) is 33.4. The topological polar surface area (TPSA) is 52.6 Å². The van der Waals surface area contributed by atoms with Crippen molar-refractivity contribution >= 4 is 11.9 Å². The van der Waals surface area contributed by atoms with Crippen LogP contribution in [0.4, 0.5) is 0 Å². The second-order valence-electron chi connectivity index (χ2n) is 13.0. The SMILES string of the molecule is CCCCCCCCCCCCCCCCCC(=O)OC(C)CCOC(=O)CCCCCCCCCCCCCCC. The van der Waals surface area contributed by atoms with Gasteiger partial charge in [0, 0.05) is 19.3 Å². The van der Waals surface area contributed by atoms with Crippen LogP contribution in [-0.4, -0.2) is 24.6 Å². The lowest BCUT2D eigenvalue weighted by molar-refractivity contribution is -0.150. The maximum atomic E-state index is 12.1. The van der Waals surface area contributed by atoms with Gasteiger partial charge in [-0.3, -0.25) is 9.59 Å². The summed E-state index contributed by atoms with van der Waals surface area (Å²) in [5.41, 5.74) is 0. The van der Waals surface area contributed by atoms with E-state index in [9.17, 15) is 9.59 Å². The second-order valence-corrected chi connectivity index (χ2v) is 13.0. The van der Waals surface area contributed by atoms with Crippen molar-refractivity contribution in [1.29, 1.82) is 0 Å². The molecule has 42 heavy (non-hydrogen) atoms. The van der Waals surface area contributed by atoms with Gasteiger partial charge in [-0.1, -0.05) is 181 Å². The van der Waals surface area contributed by atoms with Crippen LogP contribution in [0.3, 0.4) is 0 Å². The summed E-state index contributed by atoms with van der Waals surface area (Å²) in [6.45, 7) is 6.78. The lowest BCUT2D eigenvalue weighted by Gasteiger charge is -2.13. The van der Waals surface area contributed by atoms with Gasteiger partial charge >= 0.3 is 11.9 Å². The quantitative estimate of drug-likeness (QED) is 0.0549. The first-order chi connectivity index (χ1) is 20.6. The van der Waals surface area contributed by atoms with Gasteiger partial charge in [0.15, 0.2) is 0 Å². The lowest BCUT2D eigenvalue weighted by atomic mass is 10.0. The molecule has 0 heterocycles. The summed E-state index contributed by atoms with van der Waals surface area (Å²) >= 11 is 0. The maximum absolute atomic E-state index is 12.1. The van der Waals surface area contributed by atoms with Crippen molar-refractivity contribution in [2.45, 2.75) is 226 Å². The van der Waals surface area contributed by atoms with Crippen molar-refractivity contribution in [2.75, 3.05) is 6.61 Å². The summed E-state index contributed by atoms with van der Waals surface area (Å²) in [7, 11) is 0. The fourth-order valence-electron chi connectivity index (χ4n) is 5.68. The molecule has 0 aromatic heterocycles. The van der Waals surface area contributed by atoms with Crippen LogP contribution in [0.25, 0.3) is 0 Å². The van der Waals surface area contributed by atoms with Gasteiger partial charge in [0.1, 0.15) is 6.10 Å². The van der Waals surface area contributed by atoms with E-state index in [1.807, 2.05) is 6.92 Å². The molecule has 0 saturated carbocycles. The molecule has 0 fully saturated rings. The van der Waals surface area contributed by atoms with Crippen LogP contribution >= 0.6 is 0 Å². The Labute approximate surface area is 263 Å². The molecule has 0 aliphatic heterocycles. The van der Waals surface area contributed by atoms with Crippen LogP contribution in [0.5, 0.6) is 0 Å². The Bertz CT molecular complexity index is 561. The van der Waals surface area contributed by atoms with Gasteiger partial charge in [0.05, 0.1) is 6.61 Å². The van der Waals surface area contributed by atoms with E-state index < -0.39 is 0 Å². The van der Waals surface area contributed by atoms with E-state index in [-0.39, 0.29) is 18.0 Å². The number of hydrogen-bond donors (Lipinski definition) is 0. The first-order valence-electron chi connectivity index (χ1n) is 18.9. The minimum Gasteiger partial charge on any atom is -0.466 e. The Morgan fingerprint density at radius 1 is 0.429 bits per heavy atom. The van der Waals surface area contributed by atoms with Gasteiger partial charge in [-0.2, -0.15) is 0 Å². The number of carbonyl (C=O) groups excluding carboxylic acids is 2. The largest absolute Gasteiger partial charge is 0.466 e. The van der Waals surface area contributed by atoms with Gasteiger partial charge in [-0.05, 0) is 19.8 Å². The molecule has 0 bridgehead atoms. The van der Waals surface area contributed by atoms with Crippen LogP contribution in [0.15, 0.2) is 0 Å². The van der Waals surface area contributed by atoms with E-state index in [1.165, 1.54) is 154 Å². The zero-order valence-corrected chi connectivity index (χ0v) is 28.8. The molecule has 0 radical (unpaired) electrons. The van der Waals surface area contributed by atoms with Gasteiger partial charge in [0.2, 0.25) is 0 Å². The monoisotopic (exact) mass is 595 g/mol. The molecule has 0 aromatic rings. The standard InChI is InChI=1S/C38H74O4/c1-4-6-8-10-12-14-16-18-19-21-23-25-27-29-31-33-38(40)42-36(3)34-35-41-37(39)32-30-28-26-24-22-20-17-15-13-11-9-7-5-2/h36H,4-35H2,1-3H3. The molecular formula is C38H74O4. The van der Waals surface area contributed by atoms with Gasteiger partial charge in [-0.15, -0.1) is 0 Å². The number of rotatable bonds is 34. The summed E-state index contributed by atoms with van der Waals surface area (Å²) in [6, 6.07) is 0. The molecule has 0 amide bonds. The van der Waals surface area contributed by atoms with Crippen LogP contribution < -0.4 is 0 Å². The van der Waals surface area contributed by atoms with E-state index in [0.29, 0.717) is 25.9 Å². The predicted molar refractivity (Wildman–Crippen MR) is 181 cm³/mol. The highest BCUT2D eigenvalue weighted by Gasteiger charge is 2.11. The molecular weight excluding hydrogens is 520 g/mol. The van der Waals surface area contributed by atoms with E-state index >= 15 is 0 Å². The van der Waals surface area contributed by atoms with E-state index in [2.05, 4.69) is 13.8 Å². The highest BCUT2D eigenvalue weighted by atomic mass is 16.6. The molecule has 0 spiro atoms. The Morgan fingerprint density at radius 2 is 0.714 bits per heavy atom. The molecule has 250 valence electrons. The fraction of sp³-hybridized carbons (Fsp3) is 0.947.